The summed E-state index contributed by atoms with van der Waals surface area (Å²) in [6.07, 6.45) is 0.982. The highest BCUT2D eigenvalue weighted by molar-refractivity contribution is 6.30. The van der Waals surface area contributed by atoms with Gasteiger partial charge in [0.25, 0.3) is 0 Å². The van der Waals surface area contributed by atoms with Crippen LogP contribution in [0.25, 0.3) is 0 Å². The molecule has 4 nitrogen and oxygen atoms in total. The molecule has 1 fully saturated rings. The van der Waals surface area contributed by atoms with Crippen molar-refractivity contribution in [2.75, 3.05) is 44.2 Å². The molecule has 5 heteroatoms. The maximum Gasteiger partial charge on any atom is 0.234 e. The van der Waals surface area contributed by atoms with Gasteiger partial charge in [0.2, 0.25) is 5.91 Å². The minimum absolute atomic E-state index is 0.131. The Kier molecular flexibility index (Phi) is 5.68. The predicted octanol–water partition coefficient (Wildman–Crippen LogP) is 1.99. The molecule has 0 aliphatic carbocycles. The van der Waals surface area contributed by atoms with Crippen LogP contribution in [-0.2, 0) is 4.79 Å². The van der Waals surface area contributed by atoms with Crippen LogP contribution in [0.2, 0.25) is 5.02 Å². The fraction of sp³-hybridized carbons (Fsp3) is 0.533. The van der Waals surface area contributed by atoms with Gasteiger partial charge in [-0.2, -0.15) is 0 Å². The van der Waals surface area contributed by atoms with Gasteiger partial charge in [-0.1, -0.05) is 18.5 Å². The molecule has 1 aliphatic rings. The van der Waals surface area contributed by atoms with Gasteiger partial charge in [-0.3, -0.25) is 9.69 Å². The zero-order valence-corrected chi connectivity index (χ0v) is 12.7. The summed E-state index contributed by atoms with van der Waals surface area (Å²) in [5, 5.41) is 3.68. The molecular formula is C15H22ClN3O. The molecule has 0 bridgehead atoms. The fourth-order valence-corrected chi connectivity index (χ4v) is 2.47. The van der Waals surface area contributed by atoms with Crippen LogP contribution >= 0.6 is 11.6 Å². The number of benzene rings is 1. The molecule has 1 N–H and O–H groups in total. The Morgan fingerprint density at radius 2 is 1.85 bits per heavy atom. The van der Waals surface area contributed by atoms with E-state index >= 15 is 0 Å². The molecule has 0 radical (unpaired) electrons. The zero-order valence-electron chi connectivity index (χ0n) is 11.9. The van der Waals surface area contributed by atoms with E-state index in [0.29, 0.717) is 6.54 Å². The van der Waals surface area contributed by atoms with Gasteiger partial charge >= 0.3 is 0 Å². The van der Waals surface area contributed by atoms with Gasteiger partial charge in [-0.05, 0) is 30.7 Å². The number of nitrogens with zero attached hydrogens (tertiary/aromatic N) is 2. The number of hydrogen-bond donors (Lipinski definition) is 1. The number of carbonyl (C=O) groups excluding carboxylic acids is 1. The van der Waals surface area contributed by atoms with E-state index in [4.69, 9.17) is 11.6 Å². The highest BCUT2D eigenvalue weighted by Crippen LogP contribution is 2.19. The Morgan fingerprint density at radius 1 is 1.20 bits per heavy atom. The van der Waals surface area contributed by atoms with E-state index in [1.807, 2.05) is 24.3 Å². The molecule has 1 aromatic rings. The maximum atomic E-state index is 11.7. The topological polar surface area (TPSA) is 35.6 Å². The van der Waals surface area contributed by atoms with Crippen molar-refractivity contribution in [2.24, 2.45) is 0 Å². The highest BCUT2D eigenvalue weighted by atomic mass is 35.5. The first kappa shape index (κ1) is 15.1. The van der Waals surface area contributed by atoms with E-state index in [1.165, 1.54) is 5.69 Å². The second kappa shape index (κ2) is 7.50. The van der Waals surface area contributed by atoms with Gasteiger partial charge in [0.05, 0.1) is 6.54 Å². The van der Waals surface area contributed by atoms with Crippen LogP contribution in [0.1, 0.15) is 13.3 Å². The van der Waals surface area contributed by atoms with Crippen molar-refractivity contribution in [1.29, 1.82) is 0 Å². The molecule has 1 aromatic carbocycles. The second-order valence-electron chi connectivity index (χ2n) is 5.09. The number of piperazine rings is 1. The third-order valence-corrected chi connectivity index (χ3v) is 3.76. The molecule has 20 heavy (non-hydrogen) atoms. The Hall–Kier alpha value is -1.26. The van der Waals surface area contributed by atoms with Crippen molar-refractivity contribution in [3.8, 4) is 0 Å². The number of hydrogen-bond acceptors (Lipinski definition) is 3. The molecular weight excluding hydrogens is 274 g/mol. The minimum atomic E-state index is 0.131. The van der Waals surface area contributed by atoms with Crippen LogP contribution in [0.15, 0.2) is 24.3 Å². The number of rotatable bonds is 5. The van der Waals surface area contributed by atoms with Crippen LogP contribution in [0.3, 0.4) is 0 Å². The van der Waals surface area contributed by atoms with Gasteiger partial charge in [0.15, 0.2) is 0 Å². The van der Waals surface area contributed by atoms with Crippen molar-refractivity contribution in [2.45, 2.75) is 13.3 Å². The number of amides is 1. The predicted molar refractivity (Wildman–Crippen MR) is 83.4 cm³/mol. The minimum Gasteiger partial charge on any atom is -0.369 e. The van der Waals surface area contributed by atoms with Crippen molar-refractivity contribution in [3.63, 3.8) is 0 Å². The zero-order chi connectivity index (χ0) is 14.4. The third-order valence-electron chi connectivity index (χ3n) is 3.50. The number of carbonyl (C=O) groups is 1. The molecule has 0 saturated carbocycles. The van der Waals surface area contributed by atoms with Gasteiger partial charge in [-0.15, -0.1) is 0 Å². The smallest absolute Gasteiger partial charge is 0.234 e. The Balaban J connectivity index is 1.77. The van der Waals surface area contributed by atoms with E-state index in [0.717, 1.165) is 44.2 Å². The van der Waals surface area contributed by atoms with E-state index in [-0.39, 0.29) is 5.91 Å². The molecule has 110 valence electrons. The summed E-state index contributed by atoms with van der Waals surface area (Å²) in [5.74, 6) is 0.131. The quantitative estimate of drug-likeness (QED) is 0.902. The molecule has 2 rings (SSSR count). The number of nitrogens with one attached hydrogen (secondary N) is 1. The van der Waals surface area contributed by atoms with Gasteiger partial charge in [0, 0.05) is 43.4 Å². The summed E-state index contributed by atoms with van der Waals surface area (Å²) < 4.78 is 0. The average molecular weight is 296 g/mol. The lowest BCUT2D eigenvalue weighted by molar-refractivity contribution is -0.122. The van der Waals surface area contributed by atoms with E-state index < -0.39 is 0 Å². The Labute approximate surface area is 125 Å². The van der Waals surface area contributed by atoms with Gasteiger partial charge < -0.3 is 10.2 Å². The van der Waals surface area contributed by atoms with Crippen LogP contribution in [-0.4, -0.2) is 50.1 Å². The molecule has 0 spiro atoms. The monoisotopic (exact) mass is 295 g/mol. The van der Waals surface area contributed by atoms with E-state index in [9.17, 15) is 4.79 Å². The summed E-state index contributed by atoms with van der Waals surface area (Å²) in [7, 11) is 0. The summed E-state index contributed by atoms with van der Waals surface area (Å²) in [5.41, 5.74) is 1.20. The van der Waals surface area contributed by atoms with Crippen molar-refractivity contribution in [3.05, 3.63) is 29.3 Å². The third kappa shape index (κ3) is 4.39. The summed E-state index contributed by atoms with van der Waals surface area (Å²) in [4.78, 5) is 16.2. The lowest BCUT2D eigenvalue weighted by atomic mass is 10.2. The maximum absolute atomic E-state index is 11.7. The Bertz CT molecular complexity index is 427. The van der Waals surface area contributed by atoms with E-state index in [2.05, 4.69) is 22.0 Å². The SMILES string of the molecule is CCCNC(=O)CN1CCN(c2ccc(Cl)cc2)CC1. The molecule has 0 unspecified atom stereocenters. The second-order valence-corrected chi connectivity index (χ2v) is 5.53. The summed E-state index contributed by atoms with van der Waals surface area (Å²) >= 11 is 5.90. The van der Waals surface area contributed by atoms with Gasteiger partial charge in [0.1, 0.15) is 0 Å². The molecule has 0 atom stereocenters. The first-order valence-corrected chi connectivity index (χ1v) is 7.56. The molecule has 1 aliphatic heterocycles. The van der Waals surface area contributed by atoms with Crippen molar-refractivity contribution in [1.82, 2.24) is 10.2 Å². The van der Waals surface area contributed by atoms with Crippen LogP contribution < -0.4 is 10.2 Å². The standard InChI is InChI=1S/C15H22ClN3O/c1-2-7-17-15(20)12-18-8-10-19(11-9-18)14-5-3-13(16)4-6-14/h3-6H,2,7-12H2,1H3,(H,17,20). The first-order chi connectivity index (χ1) is 9.69. The van der Waals surface area contributed by atoms with Crippen molar-refractivity contribution >= 4 is 23.2 Å². The number of anilines is 1. The largest absolute Gasteiger partial charge is 0.369 e. The first-order valence-electron chi connectivity index (χ1n) is 7.18. The molecule has 1 heterocycles. The van der Waals surface area contributed by atoms with Crippen LogP contribution in [0, 0.1) is 0 Å². The van der Waals surface area contributed by atoms with Crippen LogP contribution in [0.4, 0.5) is 5.69 Å². The average Bonchev–Trinajstić information content (AvgIpc) is 2.47. The summed E-state index contributed by atoms with van der Waals surface area (Å²) in [6.45, 7) is 7.07. The highest BCUT2D eigenvalue weighted by Gasteiger charge is 2.18. The lowest BCUT2D eigenvalue weighted by Gasteiger charge is -2.35. The molecule has 1 saturated heterocycles. The molecule has 0 aromatic heterocycles. The van der Waals surface area contributed by atoms with Crippen molar-refractivity contribution < 1.29 is 4.79 Å². The van der Waals surface area contributed by atoms with Crippen LogP contribution in [0.5, 0.6) is 0 Å². The number of halogens is 1. The van der Waals surface area contributed by atoms with Gasteiger partial charge in [-0.25, -0.2) is 0 Å². The van der Waals surface area contributed by atoms with E-state index in [1.54, 1.807) is 0 Å². The Morgan fingerprint density at radius 3 is 2.45 bits per heavy atom. The fourth-order valence-electron chi connectivity index (χ4n) is 2.34. The summed E-state index contributed by atoms with van der Waals surface area (Å²) in [6, 6.07) is 7.93. The lowest BCUT2D eigenvalue weighted by Crippen LogP contribution is -2.49. The normalized spacial score (nSPS) is 16.2. The molecule has 1 amide bonds.